The first kappa shape index (κ1) is 17.0. The van der Waals surface area contributed by atoms with Gasteiger partial charge in [-0.15, -0.1) is 0 Å². The number of hydrogen-bond donors (Lipinski definition) is 3. The summed E-state index contributed by atoms with van der Waals surface area (Å²) in [6.07, 6.45) is -0.754. The van der Waals surface area contributed by atoms with Gasteiger partial charge < -0.3 is 15.5 Å². The van der Waals surface area contributed by atoms with Crippen molar-refractivity contribution < 1.29 is 19.0 Å². The summed E-state index contributed by atoms with van der Waals surface area (Å²) < 4.78 is 27.1. The van der Waals surface area contributed by atoms with Crippen molar-refractivity contribution in [3.05, 3.63) is 35.4 Å². The number of hydrogen-bond acceptors (Lipinski definition) is 3. The zero-order valence-corrected chi connectivity index (χ0v) is 12.2. The molecule has 5 heteroatoms. The van der Waals surface area contributed by atoms with E-state index in [1.165, 1.54) is 6.07 Å². The van der Waals surface area contributed by atoms with Crippen LogP contribution in [0.25, 0.3) is 0 Å². The molecule has 0 radical (unpaired) electrons. The number of aliphatic hydroxyl groups is 2. The molecular weight excluding hydrogens is 264 g/mol. The largest absolute Gasteiger partial charge is 0.396 e. The summed E-state index contributed by atoms with van der Waals surface area (Å²) in [5.41, 5.74) is -0.451. The van der Waals surface area contributed by atoms with E-state index in [0.717, 1.165) is 12.1 Å². The molecule has 0 heterocycles. The van der Waals surface area contributed by atoms with Gasteiger partial charge in [-0.1, -0.05) is 26.8 Å². The molecule has 0 saturated carbocycles. The standard InChI is InChI=1S/C15H23F2NO2/c1-15(2,3)13(7-8-19)18-9-12(20)14-10(16)5-4-6-11(14)17/h4-6,12-13,18-20H,7-9H2,1-3H3. The highest BCUT2D eigenvalue weighted by molar-refractivity contribution is 5.22. The van der Waals surface area contributed by atoms with Crippen molar-refractivity contribution in [2.45, 2.75) is 39.3 Å². The lowest BCUT2D eigenvalue weighted by atomic mass is 9.85. The predicted octanol–water partition coefficient (Wildman–Crippen LogP) is 2.38. The quantitative estimate of drug-likeness (QED) is 0.753. The van der Waals surface area contributed by atoms with E-state index in [-0.39, 0.29) is 30.2 Å². The van der Waals surface area contributed by atoms with Gasteiger partial charge in [-0.05, 0) is 24.0 Å². The predicted molar refractivity (Wildman–Crippen MR) is 74.3 cm³/mol. The van der Waals surface area contributed by atoms with E-state index >= 15 is 0 Å². The second-order valence-corrected chi connectivity index (χ2v) is 5.99. The highest BCUT2D eigenvalue weighted by Gasteiger charge is 2.25. The Kier molecular flexibility index (Phi) is 6.05. The second-order valence-electron chi connectivity index (χ2n) is 5.99. The molecule has 2 unspecified atom stereocenters. The summed E-state index contributed by atoms with van der Waals surface area (Å²) >= 11 is 0. The van der Waals surface area contributed by atoms with E-state index in [0.29, 0.717) is 6.42 Å². The smallest absolute Gasteiger partial charge is 0.131 e. The van der Waals surface area contributed by atoms with E-state index in [1.807, 2.05) is 20.8 Å². The average Bonchev–Trinajstić information content (AvgIpc) is 2.32. The fourth-order valence-corrected chi connectivity index (χ4v) is 2.16. The van der Waals surface area contributed by atoms with Gasteiger partial charge in [0.1, 0.15) is 11.6 Å². The summed E-state index contributed by atoms with van der Waals surface area (Å²) in [6.45, 7) is 6.03. The molecule has 0 fully saturated rings. The van der Waals surface area contributed by atoms with Gasteiger partial charge in [-0.3, -0.25) is 0 Å². The first-order valence-electron chi connectivity index (χ1n) is 6.73. The fourth-order valence-electron chi connectivity index (χ4n) is 2.16. The van der Waals surface area contributed by atoms with Gasteiger partial charge in [0.2, 0.25) is 0 Å². The third-order valence-corrected chi connectivity index (χ3v) is 3.35. The Morgan fingerprint density at radius 3 is 2.20 bits per heavy atom. The van der Waals surface area contributed by atoms with E-state index in [1.54, 1.807) is 0 Å². The van der Waals surface area contributed by atoms with E-state index in [9.17, 15) is 13.9 Å². The molecule has 3 N–H and O–H groups in total. The highest BCUT2D eigenvalue weighted by Crippen LogP contribution is 2.24. The Labute approximate surface area is 118 Å². The Hall–Kier alpha value is -1.04. The molecular formula is C15H23F2NO2. The third kappa shape index (κ3) is 4.51. The van der Waals surface area contributed by atoms with Crippen molar-refractivity contribution in [2.75, 3.05) is 13.2 Å². The van der Waals surface area contributed by atoms with Crippen LogP contribution in [0, 0.1) is 17.0 Å². The van der Waals surface area contributed by atoms with Crippen molar-refractivity contribution in [3.8, 4) is 0 Å². The van der Waals surface area contributed by atoms with Gasteiger partial charge in [-0.25, -0.2) is 8.78 Å². The first-order valence-corrected chi connectivity index (χ1v) is 6.73. The van der Waals surface area contributed by atoms with E-state index < -0.39 is 17.7 Å². The molecule has 3 nitrogen and oxygen atoms in total. The SMILES string of the molecule is CC(C)(C)C(CCO)NCC(O)c1c(F)cccc1F. The van der Waals surface area contributed by atoms with Crippen LogP contribution >= 0.6 is 0 Å². The molecule has 114 valence electrons. The van der Waals surface area contributed by atoms with Crippen LogP contribution < -0.4 is 5.32 Å². The number of halogens is 2. The topological polar surface area (TPSA) is 52.5 Å². The number of nitrogens with one attached hydrogen (secondary N) is 1. The zero-order valence-electron chi connectivity index (χ0n) is 12.2. The maximum Gasteiger partial charge on any atom is 0.131 e. The fraction of sp³-hybridized carbons (Fsp3) is 0.600. The number of aliphatic hydroxyl groups excluding tert-OH is 2. The van der Waals surface area contributed by atoms with Crippen LogP contribution in [-0.2, 0) is 0 Å². The molecule has 1 aromatic carbocycles. The van der Waals surface area contributed by atoms with E-state index in [2.05, 4.69) is 5.32 Å². The maximum atomic E-state index is 13.5. The lowest BCUT2D eigenvalue weighted by molar-refractivity contribution is 0.136. The molecule has 0 aliphatic rings. The van der Waals surface area contributed by atoms with Crippen molar-refractivity contribution in [1.82, 2.24) is 5.32 Å². The molecule has 1 aromatic rings. The van der Waals surface area contributed by atoms with Crippen LogP contribution in [0.3, 0.4) is 0 Å². The van der Waals surface area contributed by atoms with Gasteiger partial charge in [0.25, 0.3) is 0 Å². The minimum Gasteiger partial charge on any atom is -0.396 e. The molecule has 0 amide bonds. The van der Waals surface area contributed by atoms with Crippen LogP contribution in [0.4, 0.5) is 8.78 Å². The van der Waals surface area contributed by atoms with Gasteiger partial charge in [0.05, 0.1) is 11.7 Å². The lowest BCUT2D eigenvalue weighted by Crippen LogP contribution is -2.43. The Morgan fingerprint density at radius 1 is 1.20 bits per heavy atom. The molecule has 0 aliphatic carbocycles. The average molecular weight is 287 g/mol. The van der Waals surface area contributed by atoms with Crippen LogP contribution in [0.2, 0.25) is 0 Å². The summed E-state index contributed by atoms with van der Waals surface area (Å²) in [5.74, 6) is -1.51. The summed E-state index contributed by atoms with van der Waals surface area (Å²) in [5, 5.41) is 22.1. The molecule has 0 bridgehead atoms. The highest BCUT2D eigenvalue weighted by atomic mass is 19.1. The van der Waals surface area contributed by atoms with Crippen molar-refractivity contribution >= 4 is 0 Å². The minimum absolute atomic E-state index is 0.0130. The van der Waals surface area contributed by atoms with Crippen LogP contribution in [-0.4, -0.2) is 29.4 Å². The Bertz CT molecular complexity index is 412. The van der Waals surface area contributed by atoms with Crippen LogP contribution in [0.1, 0.15) is 38.9 Å². The second kappa shape index (κ2) is 7.11. The Morgan fingerprint density at radius 2 is 1.75 bits per heavy atom. The maximum absolute atomic E-state index is 13.5. The zero-order chi connectivity index (χ0) is 15.3. The summed E-state index contributed by atoms with van der Waals surface area (Å²) in [4.78, 5) is 0. The number of benzene rings is 1. The molecule has 0 saturated heterocycles. The third-order valence-electron chi connectivity index (χ3n) is 3.35. The lowest BCUT2D eigenvalue weighted by Gasteiger charge is -2.32. The van der Waals surface area contributed by atoms with Crippen molar-refractivity contribution in [2.24, 2.45) is 5.41 Å². The molecule has 2 atom stereocenters. The van der Waals surface area contributed by atoms with Crippen LogP contribution in [0.15, 0.2) is 18.2 Å². The van der Waals surface area contributed by atoms with Gasteiger partial charge >= 0.3 is 0 Å². The summed E-state index contributed by atoms with van der Waals surface area (Å²) in [6, 6.07) is 3.45. The van der Waals surface area contributed by atoms with Gasteiger partial charge in [0, 0.05) is 19.2 Å². The molecule has 20 heavy (non-hydrogen) atoms. The Balaban J connectivity index is 2.73. The van der Waals surface area contributed by atoms with Gasteiger partial charge in [0.15, 0.2) is 0 Å². The monoisotopic (exact) mass is 287 g/mol. The van der Waals surface area contributed by atoms with Crippen molar-refractivity contribution in [1.29, 1.82) is 0 Å². The molecule has 1 rings (SSSR count). The summed E-state index contributed by atoms with van der Waals surface area (Å²) in [7, 11) is 0. The minimum atomic E-state index is -1.26. The van der Waals surface area contributed by atoms with Crippen molar-refractivity contribution in [3.63, 3.8) is 0 Å². The molecule has 0 aromatic heterocycles. The molecule has 0 spiro atoms. The van der Waals surface area contributed by atoms with E-state index in [4.69, 9.17) is 5.11 Å². The van der Waals surface area contributed by atoms with Crippen LogP contribution in [0.5, 0.6) is 0 Å². The van der Waals surface area contributed by atoms with Gasteiger partial charge in [-0.2, -0.15) is 0 Å². The number of rotatable bonds is 6. The normalized spacial score (nSPS) is 15.2. The first-order chi connectivity index (χ1) is 9.27. The molecule has 0 aliphatic heterocycles.